The highest BCUT2D eigenvalue weighted by Crippen LogP contribution is 2.28. The number of hydrogen-bond donors (Lipinski definition) is 0. The van der Waals surface area contributed by atoms with Gasteiger partial charge in [0.2, 0.25) is 0 Å². The quantitative estimate of drug-likeness (QED) is 0.0850. The van der Waals surface area contributed by atoms with E-state index in [9.17, 15) is 26.4 Å². The number of nitrogens with zero attached hydrogens (tertiary/aromatic N) is 1. The molecule has 0 aliphatic heterocycles. The van der Waals surface area contributed by atoms with Crippen molar-refractivity contribution >= 4 is 59.0 Å². The van der Waals surface area contributed by atoms with Crippen molar-refractivity contribution in [1.82, 2.24) is 0 Å². The van der Waals surface area contributed by atoms with Crippen LogP contribution in [0.25, 0.3) is 21.5 Å². The lowest BCUT2D eigenvalue weighted by Crippen LogP contribution is -2.27. The molecule has 0 saturated carbocycles. The van der Waals surface area contributed by atoms with E-state index in [1.807, 2.05) is 48.5 Å². The minimum Gasteiger partial charge on any atom is -0.386 e. The van der Waals surface area contributed by atoms with Crippen molar-refractivity contribution in [3.8, 4) is 23.7 Å². The maximum Gasteiger partial charge on any atom is 0.346 e. The van der Waals surface area contributed by atoms with Crippen molar-refractivity contribution in [3.05, 3.63) is 221 Å². The second-order valence-corrected chi connectivity index (χ2v) is 18.2. The van der Waals surface area contributed by atoms with E-state index in [-0.39, 0.29) is 26.7 Å². The third kappa shape index (κ3) is 9.03. The lowest BCUT2D eigenvalue weighted by Gasteiger charge is -2.21. The molecule has 0 unspecified atom stereocenters. The van der Waals surface area contributed by atoms with E-state index >= 15 is 0 Å². The number of sulfonamides is 1. The molecule has 8 aromatic carbocycles. The molecule has 0 radical (unpaired) electrons. The Balaban J connectivity index is 0.900. The van der Waals surface area contributed by atoms with Crippen LogP contribution in [0.1, 0.15) is 48.5 Å². The van der Waals surface area contributed by atoms with E-state index in [0.29, 0.717) is 33.5 Å². The van der Waals surface area contributed by atoms with E-state index in [2.05, 4.69) is 23.7 Å². The van der Waals surface area contributed by atoms with Crippen molar-refractivity contribution in [1.29, 1.82) is 0 Å². The number of anilines is 1. The lowest BCUT2D eigenvalue weighted by atomic mass is 10.1. The van der Waals surface area contributed by atoms with Crippen LogP contribution in [0.4, 0.5) is 5.69 Å². The average molecular weight is 850 g/mol. The molecular weight excluding hydrogens is 815 g/mol. The fraction of sp³-hybridized carbons (Fsp3) is 0.0385. The summed E-state index contributed by atoms with van der Waals surface area (Å²) in [6, 6.07) is 51.7. The number of rotatable bonds is 8. The Morgan fingerprint density at radius 1 is 0.484 bits per heavy atom. The molecule has 0 aromatic heterocycles. The van der Waals surface area contributed by atoms with Gasteiger partial charge in [0.15, 0.2) is 9.84 Å². The minimum absolute atomic E-state index is 0.134. The summed E-state index contributed by atoms with van der Waals surface area (Å²) in [6.45, 7) is 0. The highest BCUT2D eigenvalue weighted by Gasteiger charge is 2.23. The van der Waals surface area contributed by atoms with Gasteiger partial charge < -0.3 is 4.74 Å². The fourth-order valence-corrected chi connectivity index (χ4v) is 9.41. The number of carbonyl (C=O) groups excluding carboxylic acids is 2. The van der Waals surface area contributed by atoms with Crippen LogP contribution < -0.4 is 4.31 Å². The maximum atomic E-state index is 13.7. The summed E-state index contributed by atoms with van der Waals surface area (Å²) in [4.78, 5) is 26.2. The zero-order valence-corrected chi connectivity index (χ0v) is 34.8. The van der Waals surface area contributed by atoms with E-state index < -0.39 is 31.8 Å². The Morgan fingerprint density at radius 3 is 1.52 bits per heavy atom. The first kappa shape index (κ1) is 41.0. The van der Waals surface area contributed by atoms with E-state index in [0.717, 1.165) is 21.5 Å². The third-order valence-corrected chi connectivity index (χ3v) is 13.6. The smallest absolute Gasteiger partial charge is 0.346 e. The Hall–Kier alpha value is -7.76. The molecule has 0 aliphatic carbocycles. The molecule has 0 spiro atoms. The molecule has 302 valence electrons. The topological polar surface area (TPSA) is 115 Å². The maximum absolute atomic E-state index is 13.7. The Kier molecular flexibility index (Phi) is 11.5. The minimum atomic E-state index is -3.90. The van der Waals surface area contributed by atoms with Crippen LogP contribution in [-0.4, -0.2) is 35.8 Å². The summed E-state index contributed by atoms with van der Waals surface area (Å²) in [5.74, 6) is 10.3. The van der Waals surface area contributed by atoms with Gasteiger partial charge >= 0.3 is 11.9 Å². The zero-order valence-electron chi connectivity index (χ0n) is 33.1. The predicted octanol–water partition coefficient (Wildman–Crippen LogP) is 9.59. The molecule has 0 aliphatic rings. The molecule has 0 amide bonds. The van der Waals surface area contributed by atoms with Gasteiger partial charge in [0.25, 0.3) is 10.0 Å². The molecule has 0 bridgehead atoms. The molecule has 0 atom stereocenters. The number of esters is 2. The van der Waals surface area contributed by atoms with Crippen molar-refractivity contribution in [3.63, 3.8) is 0 Å². The molecule has 62 heavy (non-hydrogen) atoms. The number of benzene rings is 8. The SMILES string of the molecule is CN(c1ccccc1C#Cc1ccc(C(=O)OC(=O)c2ccc(C#Cc3ccccc3CS(=O)(=O)c3ccc4ccccc4c3)cc2)cc1)S(=O)(=O)c1ccc2ccccc2c1. The normalized spacial score (nSPS) is 11.2. The largest absolute Gasteiger partial charge is 0.386 e. The zero-order chi connectivity index (χ0) is 43.3. The molecule has 10 heteroatoms. The van der Waals surface area contributed by atoms with Crippen molar-refractivity contribution in [2.24, 2.45) is 0 Å². The van der Waals surface area contributed by atoms with Gasteiger partial charge in [0.1, 0.15) is 0 Å². The van der Waals surface area contributed by atoms with Crippen LogP contribution in [0.15, 0.2) is 192 Å². The van der Waals surface area contributed by atoms with Gasteiger partial charge in [-0.1, -0.05) is 115 Å². The Labute approximate surface area is 360 Å². The number of para-hydroxylation sites is 1. The fourth-order valence-electron chi connectivity index (χ4n) is 6.75. The van der Waals surface area contributed by atoms with E-state index in [1.54, 1.807) is 109 Å². The molecular formula is C52H35NO7S2. The van der Waals surface area contributed by atoms with E-state index in [4.69, 9.17) is 4.74 Å². The summed E-state index contributed by atoms with van der Waals surface area (Å²) in [5, 5.41) is 3.55. The second kappa shape index (κ2) is 17.5. The molecule has 0 saturated heterocycles. The van der Waals surface area contributed by atoms with Gasteiger partial charge in [-0.3, -0.25) is 4.31 Å². The highest BCUT2D eigenvalue weighted by atomic mass is 32.2. The Morgan fingerprint density at radius 2 is 0.935 bits per heavy atom. The number of sulfone groups is 1. The van der Waals surface area contributed by atoms with Crippen LogP contribution in [0.3, 0.4) is 0 Å². The van der Waals surface area contributed by atoms with Gasteiger partial charge in [-0.15, -0.1) is 0 Å². The van der Waals surface area contributed by atoms with Gasteiger partial charge in [-0.05, 0) is 118 Å². The van der Waals surface area contributed by atoms with Crippen LogP contribution in [-0.2, 0) is 30.4 Å². The van der Waals surface area contributed by atoms with Crippen molar-refractivity contribution in [2.45, 2.75) is 15.5 Å². The number of hydrogen-bond acceptors (Lipinski definition) is 7. The van der Waals surface area contributed by atoms with Gasteiger partial charge in [0.05, 0.1) is 32.4 Å². The van der Waals surface area contributed by atoms with Gasteiger partial charge in [-0.25, -0.2) is 26.4 Å². The molecule has 8 rings (SSSR count). The summed E-state index contributed by atoms with van der Waals surface area (Å²) in [6.07, 6.45) is 0. The first-order valence-electron chi connectivity index (χ1n) is 19.3. The van der Waals surface area contributed by atoms with Crippen LogP contribution in [0.2, 0.25) is 0 Å². The van der Waals surface area contributed by atoms with Crippen molar-refractivity contribution in [2.75, 3.05) is 11.4 Å². The van der Waals surface area contributed by atoms with Crippen LogP contribution in [0.5, 0.6) is 0 Å². The molecule has 8 aromatic rings. The van der Waals surface area contributed by atoms with Crippen molar-refractivity contribution < 1.29 is 31.2 Å². The molecule has 0 N–H and O–H groups in total. The number of fused-ring (bicyclic) bond motifs is 2. The molecule has 0 heterocycles. The number of carbonyl (C=O) groups is 2. The third-order valence-electron chi connectivity index (χ3n) is 10.2. The monoisotopic (exact) mass is 849 g/mol. The first-order chi connectivity index (χ1) is 29.9. The molecule has 0 fully saturated rings. The highest BCUT2D eigenvalue weighted by molar-refractivity contribution is 7.92. The van der Waals surface area contributed by atoms with Gasteiger partial charge in [-0.2, -0.15) is 0 Å². The second-order valence-electron chi connectivity index (χ2n) is 14.3. The summed E-state index contributed by atoms with van der Waals surface area (Å²) >= 11 is 0. The Bertz CT molecular complexity index is 3390. The van der Waals surface area contributed by atoms with Crippen LogP contribution in [0, 0.1) is 23.7 Å². The van der Waals surface area contributed by atoms with Gasteiger partial charge in [0, 0.05) is 29.3 Å². The van der Waals surface area contributed by atoms with E-state index in [1.165, 1.54) is 35.6 Å². The summed E-state index contributed by atoms with van der Waals surface area (Å²) in [5.41, 5.74) is 3.40. The standard InChI is InChI=1S/C52H35NO7S2/c1-53(62(58,59)49-33-31-40-11-3-6-15-46(40)35-49)50-17-9-8-13-42(50)25-19-38-22-28-44(29-23-38)52(55)60-51(54)43-26-20-37(21-27-43)18-24-41-12-4-7-16-47(41)36-61(56,57)48-32-30-39-10-2-5-14-45(39)34-48/h2-17,20-23,26-35H,36H2,1H3. The average Bonchev–Trinajstić information content (AvgIpc) is 3.30. The predicted molar refractivity (Wildman–Crippen MR) is 242 cm³/mol. The van der Waals surface area contributed by atoms with Crippen LogP contribution >= 0.6 is 0 Å². The summed E-state index contributed by atoms with van der Waals surface area (Å²) in [7, 11) is -6.08. The number of ether oxygens (including phenoxy) is 1. The first-order valence-corrected chi connectivity index (χ1v) is 22.4. The lowest BCUT2D eigenvalue weighted by molar-refractivity contribution is 0.0397. The summed E-state index contributed by atoms with van der Waals surface area (Å²) < 4.78 is 60.5. The molecule has 8 nitrogen and oxygen atoms in total.